The van der Waals surface area contributed by atoms with Gasteiger partial charge in [0.25, 0.3) is 0 Å². The minimum atomic E-state index is -0.543. The molecule has 1 saturated heterocycles. The lowest BCUT2D eigenvalue weighted by atomic mass is 10.2. The Morgan fingerprint density at radius 3 is 2.42 bits per heavy atom. The van der Waals surface area contributed by atoms with Gasteiger partial charge in [0.05, 0.1) is 11.4 Å². The van der Waals surface area contributed by atoms with E-state index >= 15 is 0 Å². The third-order valence-corrected chi connectivity index (χ3v) is 6.03. The first-order chi connectivity index (χ1) is 17.0. The highest BCUT2D eigenvalue weighted by Crippen LogP contribution is 2.24. The summed E-state index contributed by atoms with van der Waals surface area (Å²) in [6.45, 7) is 11.5. The number of rotatable bonds is 2. The number of hydrogen-bond donors (Lipinski definition) is 0. The van der Waals surface area contributed by atoms with Gasteiger partial charge in [-0.15, -0.1) is 0 Å². The van der Waals surface area contributed by atoms with Crippen molar-refractivity contribution in [3.8, 4) is 11.4 Å². The molecular formula is C25H28FN7O3. The van der Waals surface area contributed by atoms with E-state index in [9.17, 15) is 14.0 Å². The van der Waals surface area contributed by atoms with Gasteiger partial charge in [0.15, 0.2) is 17.3 Å². The van der Waals surface area contributed by atoms with E-state index in [1.165, 1.54) is 10.5 Å². The molecule has 0 saturated carbocycles. The van der Waals surface area contributed by atoms with Gasteiger partial charge in [-0.2, -0.15) is 4.98 Å². The molecular weight excluding hydrogens is 465 g/mol. The molecule has 0 bridgehead atoms. The summed E-state index contributed by atoms with van der Waals surface area (Å²) in [5.41, 5.74) is 2.44. The van der Waals surface area contributed by atoms with Crippen LogP contribution in [0, 0.1) is 19.7 Å². The van der Waals surface area contributed by atoms with Gasteiger partial charge >= 0.3 is 11.8 Å². The maximum absolute atomic E-state index is 14.6. The third kappa shape index (κ3) is 4.48. The number of anilines is 1. The number of ether oxygens (including phenoxy) is 1. The predicted molar refractivity (Wildman–Crippen MR) is 133 cm³/mol. The van der Waals surface area contributed by atoms with E-state index in [-0.39, 0.29) is 17.6 Å². The molecule has 0 radical (unpaired) electrons. The van der Waals surface area contributed by atoms with Gasteiger partial charge in [-0.3, -0.25) is 0 Å². The van der Waals surface area contributed by atoms with Crippen LogP contribution in [0.3, 0.4) is 0 Å². The lowest BCUT2D eigenvalue weighted by Crippen LogP contribution is -2.50. The maximum atomic E-state index is 14.6. The summed E-state index contributed by atoms with van der Waals surface area (Å²) in [5.74, 6) is -0.369. The zero-order valence-electron chi connectivity index (χ0n) is 20.9. The number of hydrogen-bond acceptors (Lipinski definition) is 7. The van der Waals surface area contributed by atoms with Crippen LogP contribution in [-0.2, 0) is 4.74 Å². The lowest BCUT2D eigenvalue weighted by Gasteiger charge is -2.37. The summed E-state index contributed by atoms with van der Waals surface area (Å²) in [6.07, 6.45) is 4.77. The molecule has 36 heavy (non-hydrogen) atoms. The second-order valence-electron chi connectivity index (χ2n) is 10.0. The summed E-state index contributed by atoms with van der Waals surface area (Å²) < 4.78 is 23.0. The molecule has 0 spiro atoms. The molecule has 10 nitrogen and oxygen atoms in total. The molecule has 4 aromatic heterocycles. The number of halogens is 1. The Kier molecular flexibility index (Phi) is 5.65. The van der Waals surface area contributed by atoms with Crippen LogP contribution in [0.5, 0.6) is 0 Å². The number of nitrogens with zero attached hydrogens (tertiary/aromatic N) is 7. The quantitative estimate of drug-likeness (QED) is 0.423. The van der Waals surface area contributed by atoms with Crippen molar-refractivity contribution in [1.82, 2.24) is 28.7 Å². The van der Waals surface area contributed by atoms with E-state index < -0.39 is 17.1 Å². The van der Waals surface area contributed by atoms with Crippen LogP contribution in [0.4, 0.5) is 14.9 Å². The molecule has 5 heterocycles. The molecule has 1 fully saturated rings. The molecule has 0 aromatic carbocycles. The van der Waals surface area contributed by atoms with E-state index in [0.29, 0.717) is 43.1 Å². The van der Waals surface area contributed by atoms with Crippen LogP contribution in [0.25, 0.3) is 22.7 Å². The number of amides is 1. The van der Waals surface area contributed by atoms with Gasteiger partial charge in [0, 0.05) is 50.3 Å². The standard InChI is InChI=1S/C25H28FN7O3/c1-15-10-20-28-21(17-11-18(26)22-27-16(2)12-32(22)13-17)29-23(34)33(20)14-19(15)30-6-8-31(9-7-30)24(35)36-25(3,4)5/h10-14H,6-9H2,1-5H3. The van der Waals surface area contributed by atoms with Crippen molar-refractivity contribution in [1.29, 1.82) is 0 Å². The Bertz CT molecular complexity index is 1550. The first-order valence-electron chi connectivity index (χ1n) is 11.8. The molecule has 1 amide bonds. The number of aryl methyl sites for hydroxylation is 2. The molecule has 4 aromatic rings. The fraction of sp³-hybridized carbons (Fsp3) is 0.400. The molecule has 1 aliphatic rings. The Morgan fingerprint density at radius 2 is 1.72 bits per heavy atom. The largest absolute Gasteiger partial charge is 0.444 e. The van der Waals surface area contributed by atoms with Gasteiger partial charge in [0.2, 0.25) is 0 Å². The van der Waals surface area contributed by atoms with Crippen LogP contribution in [-0.4, -0.2) is 66.5 Å². The zero-order valence-corrected chi connectivity index (χ0v) is 20.9. The third-order valence-electron chi connectivity index (χ3n) is 6.03. The number of fused-ring (bicyclic) bond motifs is 2. The highest BCUT2D eigenvalue weighted by molar-refractivity contribution is 5.69. The Hall–Kier alpha value is -4.02. The first kappa shape index (κ1) is 23.7. The molecule has 0 atom stereocenters. The average molecular weight is 494 g/mol. The van der Waals surface area contributed by atoms with Crippen molar-refractivity contribution in [3.05, 3.63) is 58.3 Å². The van der Waals surface area contributed by atoms with Crippen molar-refractivity contribution < 1.29 is 13.9 Å². The summed E-state index contributed by atoms with van der Waals surface area (Å²) in [5, 5.41) is 0. The predicted octanol–water partition coefficient (Wildman–Crippen LogP) is 3.22. The van der Waals surface area contributed by atoms with Crippen molar-refractivity contribution in [2.75, 3.05) is 31.1 Å². The Morgan fingerprint density at radius 1 is 1.00 bits per heavy atom. The average Bonchev–Trinajstić information content (AvgIpc) is 3.18. The smallest absolute Gasteiger partial charge is 0.410 e. The number of piperazine rings is 1. The second kappa shape index (κ2) is 8.58. The Balaban J connectivity index is 1.43. The first-order valence-corrected chi connectivity index (χ1v) is 11.8. The molecule has 11 heteroatoms. The summed E-state index contributed by atoms with van der Waals surface area (Å²) in [6, 6.07) is 3.11. The van der Waals surface area contributed by atoms with Crippen molar-refractivity contribution in [2.45, 2.75) is 40.2 Å². The fourth-order valence-electron chi connectivity index (χ4n) is 4.36. The Labute approximate surface area is 207 Å². The normalized spacial score (nSPS) is 14.6. The summed E-state index contributed by atoms with van der Waals surface area (Å²) in [4.78, 5) is 42.0. The van der Waals surface area contributed by atoms with Crippen LogP contribution in [0.15, 0.2) is 35.5 Å². The van der Waals surface area contributed by atoms with E-state index in [1.807, 2.05) is 33.8 Å². The topological polar surface area (TPSA) is 97.3 Å². The molecule has 1 aliphatic heterocycles. The van der Waals surface area contributed by atoms with E-state index in [0.717, 1.165) is 11.3 Å². The van der Waals surface area contributed by atoms with Gasteiger partial charge in [-0.05, 0) is 52.3 Å². The maximum Gasteiger partial charge on any atom is 0.410 e. The van der Waals surface area contributed by atoms with Crippen LogP contribution < -0.4 is 10.6 Å². The van der Waals surface area contributed by atoms with Crippen LogP contribution in [0.2, 0.25) is 0 Å². The molecule has 0 N–H and O–H groups in total. The van der Waals surface area contributed by atoms with Gasteiger partial charge in [-0.25, -0.2) is 28.3 Å². The monoisotopic (exact) mass is 493 g/mol. The second-order valence-corrected chi connectivity index (χ2v) is 10.0. The number of pyridine rings is 2. The SMILES string of the molecule is Cc1cn2cc(-c3nc(=O)n4cc(N5CCN(C(=O)OC(C)(C)C)CC5)c(C)cc4n3)cc(F)c2n1. The van der Waals surface area contributed by atoms with E-state index in [1.54, 1.807) is 34.8 Å². The number of imidazole rings is 1. The summed E-state index contributed by atoms with van der Waals surface area (Å²) in [7, 11) is 0. The number of aromatic nitrogens is 5. The number of carbonyl (C=O) groups excluding carboxylic acids is 1. The lowest BCUT2D eigenvalue weighted by molar-refractivity contribution is 0.0240. The minimum Gasteiger partial charge on any atom is -0.444 e. The van der Waals surface area contributed by atoms with Crippen molar-refractivity contribution >= 4 is 23.1 Å². The molecule has 5 rings (SSSR count). The fourth-order valence-corrected chi connectivity index (χ4v) is 4.36. The van der Waals surface area contributed by atoms with E-state index in [2.05, 4.69) is 19.9 Å². The molecule has 188 valence electrons. The molecule has 0 unspecified atom stereocenters. The number of carbonyl (C=O) groups is 1. The van der Waals surface area contributed by atoms with Gasteiger partial charge in [-0.1, -0.05) is 0 Å². The highest BCUT2D eigenvalue weighted by Gasteiger charge is 2.27. The molecule has 0 aliphatic carbocycles. The van der Waals surface area contributed by atoms with E-state index in [4.69, 9.17) is 4.74 Å². The highest BCUT2D eigenvalue weighted by atomic mass is 19.1. The van der Waals surface area contributed by atoms with Crippen LogP contribution in [0.1, 0.15) is 32.0 Å². The minimum absolute atomic E-state index is 0.144. The van der Waals surface area contributed by atoms with Gasteiger partial charge in [0.1, 0.15) is 11.2 Å². The zero-order chi connectivity index (χ0) is 25.8. The van der Waals surface area contributed by atoms with Gasteiger partial charge < -0.3 is 18.9 Å². The van der Waals surface area contributed by atoms with Crippen molar-refractivity contribution in [3.63, 3.8) is 0 Å². The summed E-state index contributed by atoms with van der Waals surface area (Å²) >= 11 is 0. The van der Waals surface area contributed by atoms with Crippen molar-refractivity contribution in [2.24, 2.45) is 0 Å². The van der Waals surface area contributed by atoms with Crippen LogP contribution >= 0.6 is 0 Å².